The average Bonchev–Trinajstić information content (AvgIpc) is 3.12. The van der Waals surface area contributed by atoms with Crippen LogP contribution in [0.15, 0.2) is 24.3 Å². The predicted octanol–water partition coefficient (Wildman–Crippen LogP) is 1.08. The van der Waals surface area contributed by atoms with Gasteiger partial charge in [-0.1, -0.05) is 29.8 Å². The highest BCUT2D eigenvalue weighted by Gasteiger charge is 2.39. The number of hydrogen-bond donors (Lipinski definition) is 1. The molecule has 6 nitrogen and oxygen atoms in total. The molecule has 1 aromatic carbocycles. The van der Waals surface area contributed by atoms with Gasteiger partial charge in [0.25, 0.3) is 0 Å². The number of aryl methyl sites for hydroxylation is 2. The number of imide groups is 1. The minimum Gasteiger partial charge on any atom is -0.341 e. The van der Waals surface area contributed by atoms with E-state index in [0.717, 1.165) is 5.56 Å². The van der Waals surface area contributed by atoms with Gasteiger partial charge >= 0.3 is 6.03 Å². The van der Waals surface area contributed by atoms with Crippen LogP contribution in [0.1, 0.15) is 24.0 Å². The van der Waals surface area contributed by atoms with Crippen LogP contribution in [0.3, 0.4) is 0 Å². The van der Waals surface area contributed by atoms with Gasteiger partial charge in [0.05, 0.1) is 12.6 Å². The Morgan fingerprint density at radius 1 is 1.35 bits per heavy atom. The zero-order chi connectivity index (χ0) is 16.4. The molecule has 0 saturated carbocycles. The topological polar surface area (TPSA) is 69.7 Å². The summed E-state index contributed by atoms with van der Waals surface area (Å²) in [7, 11) is 0. The number of carbonyl (C=O) groups is 3. The summed E-state index contributed by atoms with van der Waals surface area (Å²) in [5, 5.41) is 2.53. The first-order valence-electron chi connectivity index (χ1n) is 7.98. The number of amides is 4. The fourth-order valence-electron chi connectivity index (χ4n) is 3.26. The van der Waals surface area contributed by atoms with Gasteiger partial charge in [-0.15, -0.1) is 0 Å². The largest absolute Gasteiger partial charge is 0.341 e. The van der Waals surface area contributed by atoms with E-state index in [-0.39, 0.29) is 30.4 Å². The van der Waals surface area contributed by atoms with Gasteiger partial charge in [0.2, 0.25) is 11.8 Å². The summed E-state index contributed by atoms with van der Waals surface area (Å²) < 4.78 is 0. The molecule has 2 saturated heterocycles. The Morgan fingerprint density at radius 2 is 2.17 bits per heavy atom. The third-order valence-corrected chi connectivity index (χ3v) is 4.47. The Morgan fingerprint density at radius 3 is 2.87 bits per heavy atom. The second-order valence-electron chi connectivity index (χ2n) is 6.19. The van der Waals surface area contributed by atoms with E-state index < -0.39 is 0 Å². The number of rotatable bonds is 4. The Labute approximate surface area is 135 Å². The SMILES string of the molecule is Cc1cccc(CCC(=O)N2CCC(N3C(=O)CNC3=O)C2)c1. The molecule has 2 aliphatic rings. The molecule has 0 aromatic heterocycles. The van der Waals surface area contributed by atoms with Crippen molar-refractivity contribution < 1.29 is 14.4 Å². The average molecular weight is 315 g/mol. The molecular weight excluding hydrogens is 294 g/mol. The normalized spacial score (nSPS) is 21.0. The van der Waals surface area contributed by atoms with E-state index >= 15 is 0 Å². The minimum atomic E-state index is -0.339. The maximum Gasteiger partial charge on any atom is 0.324 e. The van der Waals surface area contributed by atoms with E-state index in [0.29, 0.717) is 32.4 Å². The lowest BCUT2D eigenvalue weighted by Gasteiger charge is -2.21. The first-order chi connectivity index (χ1) is 11.0. The van der Waals surface area contributed by atoms with Crippen LogP contribution in [-0.4, -0.2) is 53.3 Å². The number of hydrogen-bond acceptors (Lipinski definition) is 3. The number of benzene rings is 1. The van der Waals surface area contributed by atoms with Gasteiger partial charge in [-0.05, 0) is 25.3 Å². The van der Waals surface area contributed by atoms with Crippen LogP contribution in [0, 0.1) is 6.92 Å². The summed E-state index contributed by atoms with van der Waals surface area (Å²) >= 11 is 0. The number of likely N-dealkylation sites (tertiary alicyclic amines) is 1. The van der Waals surface area contributed by atoms with Gasteiger partial charge in [-0.2, -0.15) is 0 Å². The van der Waals surface area contributed by atoms with Gasteiger partial charge < -0.3 is 10.2 Å². The highest BCUT2D eigenvalue weighted by atomic mass is 16.2. The number of carbonyl (C=O) groups excluding carboxylic acids is 3. The molecule has 0 radical (unpaired) electrons. The zero-order valence-electron chi connectivity index (χ0n) is 13.2. The molecule has 0 aliphatic carbocycles. The van der Waals surface area contributed by atoms with E-state index in [9.17, 15) is 14.4 Å². The van der Waals surface area contributed by atoms with Crippen molar-refractivity contribution >= 4 is 17.8 Å². The first kappa shape index (κ1) is 15.5. The van der Waals surface area contributed by atoms with Gasteiger partial charge in [0.1, 0.15) is 0 Å². The summed E-state index contributed by atoms with van der Waals surface area (Å²) in [6.45, 7) is 3.16. The van der Waals surface area contributed by atoms with Crippen LogP contribution < -0.4 is 5.32 Å². The molecule has 6 heteroatoms. The molecule has 122 valence electrons. The summed E-state index contributed by atoms with van der Waals surface area (Å²) in [6, 6.07) is 7.63. The molecule has 4 amide bonds. The van der Waals surface area contributed by atoms with Crippen molar-refractivity contribution in [2.45, 2.75) is 32.2 Å². The Balaban J connectivity index is 1.53. The van der Waals surface area contributed by atoms with E-state index in [4.69, 9.17) is 0 Å². The molecular formula is C17H21N3O3. The van der Waals surface area contributed by atoms with Crippen molar-refractivity contribution in [1.82, 2.24) is 15.1 Å². The Kier molecular flexibility index (Phi) is 4.32. The van der Waals surface area contributed by atoms with E-state index in [1.165, 1.54) is 10.5 Å². The Bertz CT molecular complexity index is 628. The van der Waals surface area contributed by atoms with Gasteiger partial charge in [-0.3, -0.25) is 14.5 Å². The minimum absolute atomic E-state index is 0.0661. The third kappa shape index (κ3) is 3.36. The summed E-state index contributed by atoms with van der Waals surface area (Å²) in [6.07, 6.45) is 1.83. The number of nitrogens with one attached hydrogen (secondary N) is 1. The number of nitrogens with zero attached hydrogens (tertiary/aromatic N) is 2. The lowest BCUT2D eigenvalue weighted by molar-refractivity contribution is -0.131. The Hall–Kier alpha value is -2.37. The second kappa shape index (κ2) is 6.40. The standard InChI is InChI=1S/C17H21N3O3/c1-12-3-2-4-13(9-12)5-6-15(21)19-8-7-14(11-19)20-16(22)10-18-17(20)23/h2-4,9,14H,5-8,10-11H2,1H3,(H,18,23). The highest BCUT2D eigenvalue weighted by molar-refractivity contribution is 6.02. The van der Waals surface area contributed by atoms with Crippen molar-refractivity contribution in [2.75, 3.05) is 19.6 Å². The van der Waals surface area contributed by atoms with Crippen molar-refractivity contribution in [3.63, 3.8) is 0 Å². The van der Waals surface area contributed by atoms with E-state index in [1.807, 2.05) is 25.1 Å². The molecule has 1 atom stereocenters. The molecule has 1 unspecified atom stereocenters. The van der Waals surface area contributed by atoms with Crippen LogP contribution in [0.2, 0.25) is 0 Å². The van der Waals surface area contributed by atoms with Crippen LogP contribution in [0.5, 0.6) is 0 Å². The van der Waals surface area contributed by atoms with Crippen LogP contribution in [0.4, 0.5) is 4.79 Å². The maximum absolute atomic E-state index is 12.3. The molecule has 3 rings (SSSR count). The molecule has 2 heterocycles. The molecule has 23 heavy (non-hydrogen) atoms. The van der Waals surface area contributed by atoms with Crippen LogP contribution in [-0.2, 0) is 16.0 Å². The lowest BCUT2D eigenvalue weighted by Crippen LogP contribution is -2.42. The van der Waals surface area contributed by atoms with E-state index in [2.05, 4.69) is 11.4 Å². The molecule has 1 N–H and O–H groups in total. The van der Waals surface area contributed by atoms with Gasteiger partial charge in [-0.25, -0.2) is 4.79 Å². The highest BCUT2D eigenvalue weighted by Crippen LogP contribution is 2.19. The van der Waals surface area contributed by atoms with Gasteiger partial charge in [0, 0.05) is 19.5 Å². The van der Waals surface area contributed by atoms with Crippen molar-refractivity contribution in [3.8, 4) is 0 Å². The second-order valence-corrected chi connectivity index (χ2v) is 6.19. The van der Waals surface area contributed by atoms with Gasteiger partial charge in [0.15, 0.2) is 0 Å². The third-order valence-electron chi connectivity index (χ3n) is 4.47. The summed E-state index contributed by atoms with van der Waals surface area (Å²) in [5.74, 6) is -0.116. The van der Waals surface area contributed by atoms with E-state index in [1.54, 1.807) is 4.90 Å². The number of urea groups is 1. The van der Waals surface area contributed by atoms with Crippen molar-refractivity contribution in [2.24, 2.45) is 0 Å². The van der Waals surface area contributed by atoms with Crippen LogP contribution >= 0.6 is 0 Å². The fourth-order valence-corrected chi connectivity index (χ4v) is 3.26. The molecule has 2 fully saturated rings. The summed E-state index contributed by atoms with van der Waals surface area (Å²) in [4.78, 5) is 38.8. The molecule has 0 bridgehead atoms. The predicted molar refractivity (Wildman–Crippen MR) is 84.7 cm³/mol. The van der Waals surface area contributed by atoms with Crippen LogP contribution in [0.25, 0.3) is 0 Å². The lowest BCUT2D eigenvalue weighted by atomic mass is 10.1. The smallest absolute Gasteiger partial charge is 0.324 e. The van der Waals surface area contributed by atoms with Crippen molar-refractivity contribution in [1.29, 1.82) is 0 Å². The first-order valence-corrected chi connectivity index (χ1v) is 7.98. The maximum atomic E-state index is 12.3. The van der Waals surface area contributed by atoms with Crippen molar-refractivity contribution in [3.05, 3.63) is 35.4 Å². The molecule has 0 spiro atoms. The molecule has 2 aliphatic heterocycles. The monoisotopic (exact) mass is 315 g/mol. The fraction of sp³-hybridized carbons (Fsp3) is 0.471. The zero-order valence-corrected chi connectivity index (χ0v) is 13.2. The molecule has 1 aromatic rings. The quantitative estimate of drug-likeness (QED) is 0.845. The summed E-state index contributed by atoms with van der Waals surface area (Å²) in [5.41, 5.74) is 2.35.